The summed E-state index contributed by atoms with van der Waals surface area (Å²) >= 11 is 5.96. The van der Waals surface area contributed by atoms with E-state index >= 15 is 0 Å². The third-order valence-electron chi connectivity index (χ3n) is 5.16. The number of nitrogens with zero attached hydrogens (tertiary/aromatic N) is 3. The van der Waals surface area contributed by atoms with Crippen molar-refractivity contribution in [2.45, 2.75) is 30.4 Å². The molecule has 3 aromatic rings. The van der Waals surface area contributed by atoms with E-state index < -0.39 is 22.0 Å². The van der Waals surface area contributed by atoms with E-state index in [9.17, 15) is 13.2 Å². The Labute approximate surface area is 179 Å². The summed E-state index contributed by atoms with van der Waals surface area (Å²) in [6, 6.07) is 14.5. The Morgan fingerprint density at radius 3 is 2.53 bits per heavy atom. The van der Waals surface area contributed by atoms with Crippen molar-refractivity contribution in [1.82, 2.24) is 13.9 Å². The smallest absolute Gasteiger partial charge is 0.324 e. The van der Waals surface area contributed by atoms with Crippen LogP contribution in [0.5, 0.6) is 0 Å². The average Bonchev–Trinajstić information content (AvgIpc) is 3.16. The number of halogens is 1. The number of fused-ring (bicyclic) bond motifs is 1. The quantitative estimate of drug-likeness (QED) is 0.564. The predicted molar refractivity (Wildman–Crippen MR) is 111 cm³/mol. The molecule has 1 aliphatic heterocycles. The number of esters is 1. The molecule has 30 heavy (non-hydrogen) atoms. The van der Waals surface area contributed by atoms with Gasteiger partial charge in [-0.25, -0.2) is 13.4 Å². The van der Waals surface area contributed by atoms with Gasteiger partial charge in [-0.2, -0.15) is 4.31 Å². The van der Waals surface area contributed by atoms with Crippen LogP contribution in [0.25, 0.3) is 0 Å². The van der Waals surface area contributed by atoms with Crippen LogP contribution in [-0.4, -0.2) is 41.4 Å². The zero-order valence-corrected chi connectivity index (χ0v) is 17.8. The summed E-state index contributed by atoms with van der Waals surface area (Å²) < 4.78 is 34.7. The Kier molecular flexibility index (Phi) is 5.64. The summed E-state index contributed by atoms with van der Waals surface area (Å²) in [6.45, 7) is 0.543. The SMILES string of the molecule is COC(=O)[C@@H]1Cc2ncn(Cc3ccc(Cl)cc3)c2CN1S(=O)(=O)c1ccccc1. The summed E-state index contributed by atoms with van der Waals surface area (Å²) in [5.74, 6) is -0.604. The zero-order valence-electron chi connectivity index (χ0n) is 16.2. The maximum atomic E-state index is 13.3. The van der Waals surface area contributed by atoms with Crippen molar-refractivity contribution in [2.75, 3.05) is 7.11 Å². The second-order valence-electron chi connectivity index (χ2n) is 7.00. The van der Waals surface area contributed by atoms with E-state index in [1.165, 1.54) is 23.5 Å². The van der Waals surface area contributed by atoms with Crippen molar-refractivity contribution >= 4 is 27.6 Å². The van der Waals surface area contributed by atoms with Crippen LogP contribution in [0.1, 0.15) is 17.0 Å². The summed E-state index contributed by atoms with van der Waals surface area (Å²) in [5.41, 5.74) is 2.45. The van der Waals surface area contributed by atoms with E-state index in [1.807, 2.05) is 16.7 Å². The van der Waals surface area contributed by atoms with Gasteiger partial charge in [-0.15, -0.1) is 0 Å². The lowest BCUT2D eigenvalue weighted by atomic mass is 10.1. The molecule has 1 aromatic heterocycles. The minimum atomic E-state index is -3.91. The number of carbonyl (C=O) groups excluding carboxylic acids is 1. The standard InChI is InChI=1S/C21H20ClN3O4S/c1-29-21(26)19-11-18-20(13-25(19)30(27,28)17-5-3-2-4-6-17)24(14-23-18)12-15-7-9-16(22)10-8-15/h2-10,14,19H,11-13H2,1H3/t19-/m0/s1. The van der Waals surface area contributed by atoms with E-state index in [2.05, 4.69) is 4.98 Å². The number of hydrogen-bond acceptors (Lipinski definition) is 5. The minimum absolute atomic E-state index is 0.0277. The summed E-state index contributed by atoms with van der Waals surface area (Å²) in [7, 11) is -2.65. The van der Waals surface area contributed by atoms with Crippen LogP contribution in [0.2, 0.25) is 5.02 Å². The number of aromatic nitrogens is 2. The van der Waals surface area contributed by atoms with Gasteiger partial charge in [-0.1, -0.05) is 41.9 Å². The largest absolute Gasteiger partial charge is 0.468 e. The van der Waals surface area contributed by atoms with Crippen molar-refractivity contribution in [3.05, 3.63) is 82.9 Å². The lowest BCUT2D eigenvalue weighted by molar-refractivity contribution is -0.145. The Morgan fingerprint density at radius 1 is 1.17 bits per heavy atom. The average molecular weight is 446 g/mol. The highest BCUT2D eigenvalue weighted by molar-refractivity contribution is 7.89. The fraction of sp³-hybridized carbons (Fsp3) is 0.238. The first-order chi connectivity index (χ1) is 14.4. The van der Waals surface area contributed by atoms with E-state index in [4.69, 9.17) is 16.3 Å². The van der Waals surface area contributed by atoms with E-state index in [0.717, 1.165) is 11.3 Å². The molecule has 1 aliphatic rings. The number of hydrogen-bond donors (Lipinski definition) is 0. The fourth-order valence-electron chi connectivity index (χ4n) is 3.58. The number of sulfonamides is 1. The highest BCUT2D eigenvalue weighted by Crippen LogP contribution is 2.29. The number of imidazole rings is 1. The molecule has 0 amide bonds. The molecule has 1 atom stereocenters. The Morgan fingerprint density at radius 2 is 1.87 bits per heavy atom. The van der Waals surface area contributed by atoms with Gasteiger partial charge in [-0.05, 0) is 29.8 Å². The summed E-state index contributed by atoms with van der Waals surface area (Å²) in [4.78, 5) is 17.0. The molecule has 0 bridgehead atoms. The monoisotopic (exact) mass is 445 g/mol. The molecule has 0 spiro atoms. The zero-order chi connectivity index (χ0) is 21.3. The van der Waals surface area contributed by atoms with Gasteiger partial charge >= 0.3 is 5.97 Å². The van der Waals surface area contributed by atoms with Gasteiger partial charge in [0.15, 0.2) is 0 Å². The molecule has 2 heterocycles. The molecular weight excluding hydrogens is 426 g/mol. The first-order valence-corrected chi connectivity index (χ1v) is 11.1. The molecule has 0 saturated heterocycles. The number of rotatable bonds is 5. The molecule has 0 fully saturated rings. The van der Waals surface area contributed by atoms with Gasteiger partial charge in [0.05, 0.1) is 36.3 Å². The second kappa shape index (κ2) is 8.22. The van der Waals surface area contributed by atoms with Crippen molar-refractivity contribution in [1.29, 1.82) is 0 Å². The van der Waals surface area contributed by atoms with Crippen LogP contribution in [-0.2, 0) is 39.1 Å². The molecule has 0 aliphatic carbocycles. The van der Waals surface area contributed by atoms with Gasteiger partial charge in [0, 0.05) is 18.0 Å². The molecule has 4 rings (SSSR count). The lowest BCUT2D eigenvalue weighted by Gasteiger charge is -2.33. The molecule has 0 unspecified atom stereocenters. The van der Waals surface area contributed by atoms with Crippen LogP contribution in [0.4, 0.5) is 0 Å². The molecule has 0 radical (unpaired) electrons. The van der Waals surface area contributed by atoms with Gasteiger partial charge in [0.1, 0.15) is 6.04 Å². The van der Waals surface area contributed by atoms with Gasteiger partial charge in [-0.3, -0.25) is 4.79 Å². The van der Waals surface area contributed by atoms with E-state index in [-0.39, 0.29) is 17.9 Å². The second-order valence-corrected chi connectivity index (χ2v) is 9.33. The fourth-order valence-corrected chi connectivity index (χ4v) is 5.27. The Hall–Kier alpha value is -2.68. The number of methoxy groups -OCH3 is 1. The third kappa shape index (κ3) is 3.86. The molecular formula is C21H20ClN3O4S. The van der Waals surface area contributed by atoms with Crippen molar-refractivity contribution in [3.8, 4) is 0 Å². The first kappa shape index (κ1) is 20.6. The van der Waals surface area contributed by atoms with Crippen molar-refractivity contribution in [2.24, 2.45) is 0 Å². The molecule has 156 valence electrons. The first-order valence-electron chi connectivity index (χ1n) is 9.32. The number of benzene rings is 2. The summed E-state index contributed by atoms with van der Waals surface area (Å²) in [6.07, 6.45) is 1.83. The van der Waals surface area contributed by atoms with Crippen LogP contribution in [0.3, 0.4) is 0 Å². The van der Waals surface area contributed by atoms with Gasteiger partial charge in [0.25, 0.3) is 0 Å². The summed E-state index contributed by atoms with van der Waals surface area (Å²) in [5, 5.41) is 0.646. The Bertz CT molecular complexity index is 1160. The molecule has 2 aromatic carbocycles. The maximum absolute atomic E-state index is 13.3. The lowest BCUT2D eigenvalue weighted by Crippen LogP contribution is -2.49. The number of ether oxygens (including phenoxy) is 1. The molecule has 9 heteroatoms. The molecule has 0 N–H and O–H groups in total. The maximum Gasteiger partial charge on any atom is 0.324 e. The number of carbonyl (C=O) groups is 1. The highest BCUT2D eigenvalue weighted by Gasteiger charge is 2.42. The van der Waals surface area contributed by atoms with E-state index in [1.54, 1.807) is 36.7 Å². The van der Waals surface area contributed by atoms with Gasteiger partial charge < -0.3 is 9.30 Å². The topological polar surface area (TPSA) is 81.5 Å². The van der Waals surface area contributed by atoms with Crippen molar-refractivity contribution in [3.63, 3.8) is 0 Å². The van der Waals surface area contributed by atoms with Crippen LogP contribution >= 0.6 is 11.6 Å². The van der Waals surface area contributed by atoms with Crippen LogP contribution in [0, 0.1) is 0 Å². The highest BCUT2D eigenvalue weighted by atomic mass is 35.5. The van der Waals surface area contributed by atoms with E-state index in [0.29, 0.717) is 17.3 Å². The molecule has 0 saturated carbocycles. The van der Waals surface area contributed by atoms with Crippen molar-refractivity contribution < 1.29 is 17.9 Å². The predicted octanol–water partition coefficient (Wildman–Crippen LogP) is 2.87. The normalized spacial score (nSPS) is 16.8. The van der Waals surface area contributed by atoms with Gasteiger partial charge in [0.2, 0.25) is 10.0 Å². The third-order valence-corrected chi connectivity index (χ3v) is 7.28. The minimum Gasteiger partial charge on any atom is -0.468 e. The van der Waals surface area contributed by atoms with Crippen LogP contribution in [0.15, 0.2) is 65.8 Å². The Balaban J connectivity index is 1.71. The molecule has 7 nitrogen and oxygen atoms in total. The van der Waals surface area contributed by atoms with Crippen LogP contribution < -0.4 is 0 Å².